The lowest BCUT2D eigenvalue weighted by molar-refractivity contribution is 0.355. The van der Waals surface area contributed by atoms with E-state index in [1.807, 2.05) is 36.4 Å². The van der Waals surface area contributed by atoms with E-state index in [1.165, 1.54) is 0 Å². The molecule has 0 amide bonds. The van der Waals surface area contributed by atoms with Gasteiger partial charge in [0, 0.05) is 5.56 Å². The van der Waals surface area contributed by atoms with Crippen LogP contribution in [0.5, 0.6) is 23.0 Å². The molecule has 1 aromatic heterocycles. The van der Waals surface area contributed by atoms with Crippen LogP contribution in [0.3, 0.4) is 0 Å². The number of methoxy groups -OCH3 is 4. The second-order valence-electron chi connectivity index (χ2n) is 8.41. The number of hydrogen-bond acceptors (Lipinski definition) is 7. The average Bonchev–Trinajstić information content (AvgIpc) is 2.89. The number of nitrogen functional groups attached to an aromatic ring is 1. The number of nitriles is 1. The molecule has 1 aliphatic rings. The number of rotatable bonds is 6. The van der Waals surface area contributed by atoms with E-state index in [0.29, 0.717) is 28.6 Å². The summed E-state index contributed by atoms with van der Waals surface area (Å²) in [6, 6.07) is 13.7. The summed E-state index contributed by atoms with van der Waals surface area (Å²) in [5, 5.41) is 10.0. The third kappa shape index (κ3) is 4.35. The van der Waals surface area contributed by atoms with Crippen molar-refractivity contribution in [3.05, 3.63) is 58.8 Å². The van der Waals surface area contributed by atoms with Crippen LogP contribution in [0.4, 0.5) is 5.82 Å². The van der Waals surface area contributed by atoms with E-state index in [2.05, 4.69) is 19.1 Å². The Labute approximate surface area is 205 Å². The Morgan fingerprint density at radius 2 is 1.57 bits per heavy atom. The minimum atomic E-state index is 0.191. The summed E-state index contributed by atoms with van der Waals surface area (Å²) in [5.41, 5.74) is 12.2. The molecular weight excluding hydrogens is 442 g/mol. The Morgan fingerprint density at radius 3 is 2.20 bits per heavy atom. The molecule has 0 unspecified atom stereocenters. The number of aromatic nitrogens is 1. The zero-order valence-electron chi connectivity index (χ0n) is 20.6. The van der Waals surface area contributed by atoms with Crippen molar-refractivity contribution in [2.75, 3.05) is 34.2 Å². The lowest BCUT2D eigenvalue weighted by atomic mass is 9.78. The van der Waals surface area contributed by atoms with E-state index in [0.717, 1.165) is 46.4 Å². The van der Waals surface area contributed by atoms with Crippen LogP contribution in [0.15, 0.2) is 36.4 Å². The Balaban J connectivity index is 1.94. The molecule has 0 saturated carbocycles. The van der Waals surface area contributed by atoms with Gasteiger partial charge in [-0.05, 0) is 71.4 Å². The van der Waals surface area contributed by atoms with Gasteiger partial charge in [0.1, 0.15) is 17.5 Å². The Bertz CT molecular complexity index is 1340. The topological polar surface area (TPSA) is 99.6 Å². The third-order valence-corrected chi connectivity index (χ3v) is 6.44. The van der Waals surface area contributed by atoms with Crippen LogP contribution >= 0.6 is 0 Å². The zero-order chi connectivity index (χ0) is 25.1. The van der Waals surface area contributed by atoms with Crippen LogP contribution in [0.2, 0.25) is 0 Å². The highest BCUT2D eigenvalue weighted by Crippen LogP contribution is 2.46. The quantitative estimate of drug-likeness (QED) is 0.494. The largest absolute Gasteiger partial charge is 0.493 e. The fourth-order valence-corrected chi connectivity index (χ4v) is 4.67. The van der Waals surface area contributed by atoms with Crippen molar-refractivity contribution in [3.8, 4) is 40.2 Å². The molecule has 4 rings (SSSR count). The van der Waals surface area contributed by atoms with Gasteiger partial charge in [0.25, 0.3) is 0 Å². The average molecular weight is 472 g/mol. The molecule has 0 fully saturated rings. The minimum Gasteiger partial charge on any atom is -0.493 e. The second-order valence-corrected chi connectivity index (χ2v) is 8.41. The standard InChI is InChI=1S/C28H29N3O4/c1-16-6-8-19(12-17-7-10-21(32-2)23(13-17)34-4)27-25(16)26(20(15-29)28(30)31-27)18-9-11-22(33-3)24(14-18)35-5/h7,9-14,16H,6,8H2,1-5H3,(H2,30,31)/b19-12+/t16-/m0/s1. The number of benzene rings is 2. The maximum atomic E-state index is 10.0. The summed E-state index contributed by atoms with van der Waals surface area (Å²) >= 11 is 0. The number of allylic oxidation sites excluding steroid dienone is 1. The number of nitrogens with zero attached hydrogens (tertiary/aromatic N) is 2. The van der Waals surface area contributed by atoms with E-state index in [9.17, 15) is 5.26 Å². The van der Waals surface area contributed by atoms with Gasteiger partial charge in [-0.3, -0.25) is 0 Å². The molecule has 180 valence electrons. The summed E-state index contributed by atoms with van der Waals surface area (Å²) in [6.07, 6.45) is 3.86. The summed E-state index contributed by atoms with van der Waals surface area (Å²) in [7, 11) is 6.42. The van der Waals surface area contributed by atoms with Gasteiger partial charge in [-0.25, -0.2) is 4.98 Å². The summed E-state index contributed by atoms with van der Waals surface area (Å²) in [5.74, 6) is 2.93. The van der Waals surface area contributed by atoms with Crippen molar-refractivity contribution in [1.82, 2.24) is 4.98 Å². The molecular formula is C28H29N3O4. The zero-order valence-corrected chi connectivity index (χ0v) is 20.6. The van der Waals surface area contributed by atoms with Crippen LogP contribution in [0.1, 0.15) is 48.1 Å². The normalized spacial score (nSPS) is 15.8. The predicted octanol–water partition coefficient (Wildman–Crippen LogP) is 5.67. The van der Waals surface area contributed by atoms with Gasteiger partial charge < -0.3 is 24.7 Å². The molecule has 2 N–H and O–H groups in total. The number of nitrogens with two attached hydrogens (primary N) is 1. The predicted molar refractivity (Wildman–Crippen MR) is 137 cm³/mol. The van der Waals surface area contributed by atoms with Gasteiger partial charge in [0.05, 0.1) is 34.1 Å². The smallest absolute Gasteiger partial charge is 0.161 e. The van der Waals surface area contributed by atoms with E-state index in [4.69, 9.17) is 29.7 Å². The molecule has 1 heterocycles. The minimum absolute atomic E-state index is 0.191. The molecule has 0 bridgehead atoms. The fraction of sp³-hybridized carbons (Fsp3) is 0.286. The molecule has 0 saturated heterocycles. The molecule has 0 aliphatic heterocycles. The van der Waals surface area contributed by atoms with Crippen LogP contribution in [-0.4, -0.2) is 33.4 Å². The van der Waals surface area contributed by atoms with Crippen LogP contribution in [-0.2, 0) is 0 Å². The van der Waals surface area contributed by atoms with Crippen molar-refractivity contribution < 1.29 is 18.9 Å². The summed E-state index contributed by atoms with van der Waals surface area (Å²) in [6.45, 7) is 2.16. The number of fused-ring (bicyclic) bond motifs is 1. The van der Waals surface area contributed by atoms with Crippen molar-refractivity contribution >= 4 is 17.5 Å². The second kappa shape index (κ2) is 9.98. The van der Waals surface area contributed by atoms with Crippen molar-refractivity contribution in [2.45, 2.75) is 25.7 Å². The van der Waals surface area contributed by atoms with Crippen molar-refractivity contribution in [3.63, 3.8) is 0 Å². The molecule has 0 radical (unpaired) electrons. The van der Waals surface area contributed by atoms with E-state index >= 15 is 0 Å². The molecule has 3 aromatic rings. The van der Waals surface area contributed by atoms with E-state index in [1.54, 1.807) is 28.4 Å². The van der Waals surface area contributed by atoms with Gasteiger partial charge in [-0.1, -0.05) is 19.1 Å². The van der Waals surface area contributed by atoms with Gasteiger partial charge in [-0.15, -0.1) is 0 Å². The maximum absolute atomic E-state index is 10.0. The van der Waals surface area contributed by atoms with Crippen molar-refractivity contribution in [1.29, 1.82) is 5.26 Å². The lowest BCUT2D eigenvalue weighted by Gasteiger charge is -2.28. The first-order chi connectivity index (χ1) is 16.9. The number of anilines is 1. The van der Waals surface area contributed by atoms with Gasteiger partial charge in [0.2, 0.25) is 0 Å². The Hall–Kier alpha value is -4.18. The molecule has 35 heavy (non-hydrogen) atoms. The first kappa shape index (κ1) is 24.0. The maximum Gasteiger partial charge on any atom is 0.161 e. The molecule has 0 spiro atoms. The summed E-state index contributed by atoms with van der Waals surface area (Å²) < 4.78 is 21.8. The highest BCUT2D eigenvalue weighted by Gasteiger charge is 2.29. The molecule has 7 nitrogen and oxygen atoms in total. The van der Waals surface area contributed by atoms with Crippen LogP contribution in [0.25, 0.3) is 22.8 Å². The number of hydrogen-bond donors (Lipinski definition) is 1. The van der Waals surface area contributed by atoms with Gasteiger partial charge >= 0.3 is 0 Å². The first-order valence-corrected chi connectivity index (χ1v) is 11.3. The Kier molecular flexibility index (Phi) is 6.83. The SMILES string of the molecule is COc1ccc(/C=C2\CC[C@H](C)c3c2nc(N)c(C#N)c3-c2ccc(OC)c(OC)c2)cc1OC. The molecule has 2 aromatic carbocycles. The van der Waals surface area contributed by atoms with Gasteiger partial charge in [0.15, 0.2) is 23.0 Å². The van der Waals surface area contributed by atoms with Gasteiger partial charge in [-0.2, -0.15) is 5.26 Å². The van der Waals surface area contributed by atoms with E-state index < -0.39 is 0 Å². The van der Waals surface area contributed by atoms with E-state index in [-0.39, 0.29) is 11.7 Å². The number of ether oxygens (including phenoxy) is 4. The lowest BCUT2D eigenvalue weighted by Crippen LogP contribution is -2.14. The van der Waals surface area contributed by atoms with Crippen molar-refractivity contribution in [2.24, 2.45) is 0 Å². The Morgan fingerprint density at radius 1 is 0.943 bits per heavy atom. The monoisotopic (exact) mass is 471 g/mol. The van der Waals surface area contributed by atoms with Crippen LogP contribution < -0.4 is 24.7 Å². The molecule has 7 heteroatoms. The number of pyridine rings is 1. The fourth-order valence-electron chi connectivity index (χ4n) is 4.67. The third-order valence-electron chi connectivity index (χ3n) is 6.44. The molecule has 1 atom stereocenters. The summed E-state index contributed by atoms with van der Waals surface area (Å²) in [4.78, 5) is 4.73. The first-order valence-electron chi connectivity index (χ1n) is 11.3. The van der Waals surface area contributed by atoms with Crippen LogP contribution in [0, 0.1) is 11.3 Å². The highest BCUT2D eigenvalue weighted by molar-refractivity contribution is 5.90. The highest BCUT2D eigenvalue weighted by atomic mass is 16.5. The molecule has 1 aliphatic carbocycles.